The molecule has 5 nitrogen and oxygen atoms in total. The number of hydrogen-bond acceptors (Lipinski definition) is 2. The van der Waals surface area contributed by atoms with Crippen LogP contribution in [-0.2, 0) is 15.8 Å². The highest BCUT2D eigenvalue weighted by Crippen LogP contribution is 2.34. The minimum Gasteiger partial charge on any atom is -0.322 e. The third kappa shape index (κ3) is 6.05. The van der Waals surface area contributed by atoms with Gasteiger partial charge in [-0.15, -0.1) is 0 Å². The Hall–Kier alpha value is -2.94. The summed E-state index contributed by atoms with van der Waals surface area (Å²) >= 11 is 0. The molecule has 0 saturated carbocycles. The van der Waals surface area contributed by atoms with Gasteiger partial charge < -0.3 is 15.5 Å². The van der Waals surface area contributed by atoms with Crippen molar-refractivity contribution in [1.82, 2.24) is 0 Å². The van der Waals surface area contributed by atoms with Gasteiger partial charge in [-0.25, -0.2) is 4.39 Å². The number of rotatable bonds is 6. The first-order chi connectivity index (χ1) is 13.1. The molecule has 0 fully saturated rings. The third-order valence-electron chi connectivity index (χ3n) is 3.83. The molecule has 150 valence electrons. The minimum atomic E-state index is -4.60. The van der Waals surface area contributed by atoms with Gasteiger partial charge in [0.25, 0.3) is 11.8 Å². The fraction of sp³-hybridized carbons (Fsp3) is 0.263. The highest BCUT2D eigenvalue weighted by atomic mass is 19.4. The molecule has 0 aliphatic rings. The maximum absolute atomic E-state index is 13.8. The maximum Gasteiger partial charge on any atom is 0.418 e. The van der Waals surface area contributed by atoms with E-state index in [4.69, 9.17) is 0 Å². The third-order valence-corrected chi connectivity index (χ3v) is 3.83. The average Bonchev–Trinajstić information content (AvgIpc) is 2.56. The van der Waals surface area contributed by atoms with Crippen LogP contribution in [0.1, 0.15) is 11.1 Å². The van der Waals surface area contributed by atoms with Crippen molar-refractivity contribution in [2.24, 2.45) is 0 Å². The molecule has 28 heavy (non-hydrogen) atoms. The number of amides is 2. The molecule has 0 heterocycles. The summed E-state index contributed by atoms with van der Waals surface area (Å²) < 4.78 is 52.6. The van der Waals surface area contributed by atoms with Crippen LogP contribution in [0.2, 0.25) is 0 Å². The summed E-state index contributed by atoms with van der Waals surface area (Å²) in [7, 11) is 1.53. The Morgan fingerprint density at radius 1 is 0.964 bits per heavy atom. The van der Waals surface area contributed by atoms with E-state index in [9.17, 15) is 27.2 Å². The Morgan fingerprint density at radius 2 is 1.54 bits per heavy atom. The van der Waals surface area contributed by atoms with Crippen molar-refractivity contribution in [3.63, 3.8) is 0 Å². The van der Waals surface area contributed by atoms with Crippen molar-refractivity contribution in [2.75, 3.05) is 30.8 Å². The van der Waals surface area contributed by atoms with Crippen LogP contribution in [-0.4, -0.2) is 32.0 Å². The number of halogens is 4. The summed E-state index contributed by atoms with van der Waals surface area (Å²) in [4.78, 5) is 24.5. The highest BCUT2D eigenvalue weighted by Gasteiger charge is 2.33. The van der Waals surface area contributed by atoms with E-state index in [0.717, 1.165) is 12.1 Å². The second kappa shape index (κ2) is 8.83. The van der Waals surface area contributed by atoms with E-state index in [0.29, 0.717) is 10.5 Å². The first kappa shape index (κ1) is 21.4. The van der Waals surface area contributed by atoms with Crippen molar-refractivity contribution in [3.05, 3.63) is 59.4 Å². The molecule has 1 unspecified atom stereocenters. The summed E-state index contributed by atoms with van der Waals surface area (Å²) in [5.74, 6) is -1.78. The second-order valence-electron chi connectivity index (χ2n) is 6.43. The zero-order valence-electron chi connectivity index (χ0n) is 15.3. The van der Waals surface area contributed by atoms with E-state index in [1.54, 1.807) is 13.0 Å². The van der Waals surface area contributed by atoms with Gasteiger partial charge in [-0.1, -0.05) is 18.2 Å². The van der Waals surface area contributed by atoms with E-state index in [2.05, 4.69) is 10.6 Å². The lowest BCUT2D eigenvalue weighted by Gasteiger charge is -2.16. The largest absolute Gasteiger partial charge is 0.418 e. The van der Waals surface area contributed by atoms with Crippen LogP contribution in [0.3, 0.4) is 0 Å². The van der Waals surface area contributed by atoms with E-state index in [1.165, 1.54) is 31.3 Å². The number of quaternary nitrogens is 1. The van der Waals surface area contributed by atoms with Crippen LogP contribution < -0.4 is 15.5 Å². The lowest BCUT2D eigenvalue weighted by atomic mass is 10.1. The van der Waals surface area contributed by atoms with Crippen LogP contribution in [0.5, 0.6) is 0 Å². The SMILES string of the molecule is Cc1ccc(NC(=O)C[NH+](C)CC(=O)Nc2ccccc2C(F)(F)F)c(F)c1. The number of para-hydroxylation sites is 1. The number of hydrogen-bond donors (Lipinski definition) is 3. The predicted octanol–water partition coefficient (Wildman–Crippen LogP) is 2.24. The summed E-state index contributed by atoms with van der Waals surface area (Å²) in [5, 5.41) is 4.62. The van der Waals surface area contributed by atoms with E-state index in [1.807, 2.05) is 0 Å². The molecule has 0 aliphatic heterocycles. The standard InChI is InChI=1S/C19H19F4N3O2/c1-12-7-8-16(14(20)9-12)25-18(28)11-26(2)10-17(27)24-15-6-4-3-5-13(15)19(21,22)23/h3-9H,10-11H2,1-2H3,(H,24,27)(H,25,28)/p+1. The Morgan fingerprint density at radius 3 is 2.11 bits per heavy atom. The van der Waals surface area contributed by atoms with Gasteiger partial charge in [0.15, 0.2) is 13.1 Å². The lowest BCUT2D eigenvalue weighted by Crippen LogP contribution is -3.11. The van der Waals surface area contributed by atoms with Crippen molar-refractivity contribution >= 4 is 23.2 Å². The number of aryl methyl sites for hydroxylation is 1. The van der Waals surface area contributed by atoms with Gasteiger partial charge in [0, 0.05) is 0 Å². The molecule has 2 amide bonds. The zero-order valence-corrected chi connectivity index (χ0v) is 15.3. The number of alkyl halides is 3. The molecule has 0 radical (unpaired) electrons. The second-order valence-corrected chi connectivity index (χ2v) is 6.43. The Balaban J connectivity index is 1.91. The molecule has 0 aliphatic carbocycles. The number of carbonyl (C=O) groups excluding carboxylic acids is 2. The smallest absolute Gasteiger partial charge is 0.322 e. The predicted molar refractivity (Wildman–Crippen MR) is 96.5 cm³/mol. The monoisotopic (exact) mass is 398 g/mol. The summed E-state index contributed by atoms with van der Waals surface area (Å²) in [6.45, 7) is 1.31. The van der Waals surface area contributed by atoms with Crippen LogP contribution in [0.15, 0.2) is 42.5 Å². The Bertz CT molecular complexity index is 868. The fourth-order valence-corrected chi connectivity index (χ4v) is 2.56. The number of anilines is 2. The van der Waals surface area contributed by atoms with Gasteiger partial charge in [-0.3, -0.25) is 9.59 Å². The van der Waals surface area contributed by atoms with Crippen molar-refractivity contribution in [1.29, 1.82) is 0 Å². The Kier molecular flexibility index (Phi) is 6.74. The van der Waals surface area contributed by atoms with E-state index in [-0.39, 0.29) is 24.5 Å². The normalized spacial score (nSPS) is 12.4. The van der Waals surface area contributed by atoms with Gasteiger partial charge in [-0.2, -0.15) is 13.2 Å². The Labute approximate surface area is 159 Å². The van der Waals surface area contributed by atoms with Gasteiger partial charge in [-0.05, 0) is 36.8 Å². The zero-order chi connectivity index (χ0) is 20.9. The molecule has 2 aromatic rings. The number of carbonyl (C=O) groups is 2. The van der Waals surface area contributed by atoms with Crippen LogP contribution in [0.25, 0.3) is 0 Å². The molecule has 0 spiro atoms. The number of nitrogens with one attached hydrogen (secondary N) is 3. The topological polar surface area (TPSA) is 62.6 Å². The summed E-state index contributed by atoms with van der Waals surface area (Å²) in [5.41, 5.74) is -0.575. The summed E-state index contributed by atoms with van der Waals surface area (Å²) in [6, 6.07) is 8.98. The first-order valence-electron chi connectivity index (χ1n) is 8.39. The maximum atomic E-state index is 13.8. The van der Waals surface area contributed by atoms with Gasteiger partial charge >= 0.3 is 6.18 Å². The molecule has 0 aromatic heterocycles. The van der Waals surface area contributed by atoms with Crippen LogP contribution >= 0.6 is 0 Å². The minimum absolute atomic E-state index is 0.0203. The van der Waals surface area contributed by atoms with E-state index >= 15 is 0 Å². The van der Waals surface area contributed by atoms with Crippen LogP contribution in [0, 0.1) is 12.7 Å². The average molecular weight is 398 g/mol. The van der Waals surface area contributed by atoms with Gasteiger partial charge in [0.2, 0.25) is 0 Å². The van der Waals surface area contributed by atoms with Crippen molar-refractivity contribution in [3.8, 4) is 0 Å². The molecule has 2 aromatic carbocycles. The fourth-order valence-electron chi connectivity index (χ4n) is 2.56. The molecule has 0 saturated heterocycles. The quantitative estimate of drug-likeness (QED) is 0.654. The summed E-state index contributed by atoms with van der Waals surface area (Å²) in [6.07, 6.45) is -4.60. The van der Waals surface area contributed by atoms with E-state index < -0.39 is 29.4 Å². The molecular formula is C19H20F4N3O2+. The molecule has 0 bridgehead atoms. The van der Waals surface area contributed by atoms with Gasteiger partial charge in [0.05, 0.1) is 24.0 Å². The van der Waals surface area contributed by atoms with Crippen molar-refractivity contribution in [2.45, 2.75) is 13.1 Å². The first-order valence-corrected chi connectivity index (χ1v) is 8.39. The molecular weight excluding hydrogens is 378 g/mol. The highest BCUT2D eigenvalue weighted by molar-refractivity contribution is 5.93. The van der Waals surface area contributed by atoms with Crippen LogP contribution in [0.4, 0.5) is 28.9 Å². The molecule has 1 atom stereocenters. The molecule has 2 rings (SSSR count). The number of benzene rings is 2. The van der Waals surface area contributed by atoms with Gasteiger partial charge in [0.1, 0.15) is 5.82 Å². The number of likely N-dealkylation sites (N-methyl/N-ethyl adjacent to an activating group) is 1. The molecule has 3 N–H and O–H groups in total. The molecule has 9 heteroatoms. The lowest BCUT2D eigenvalue weighted by molar-refractivity contribution is -0.862. The van der Waals surface area contributed by atoms with Crippen molar-refractivity contribution < 1.29 is 32.1 Å².